The van der Waals surface area contributed by atoms with Gasteiger partial charge < -0.3 is 9.52 Å². The van der Waals surface area contributed by atoms with Gasteiger partial charge >= 0.3 is 0 Å². The molecule has 0 atom stereocenters. The molecule has 0 saturated carbocycles. The van der Waals surface area contributed by atoms with Crippen LogP contribution in [-0.2, 0) is 31.9 Å². The molecule has 8 aromatic carbocycles. The Labute approximate surface area is 393 Å². The summed E-state index contributed by atoms with van der Waals surface area (Å²) in [5, 5.41) is 15.7. The third-order valence-electron chi connectivity index (χ3n) is 12.9. The van der Waals surface area contributed by atoms with Crippen LogP contribution in [0.25, 0.3) is 94.3 Å². The molecule has 0 saturated heterocycles. The number of aromatic hydroxyl groups is 1. The van der Waals surface area contributed by atoms with Crippen molar-refractivity contribution < 1.29 is 30.6 Å². The van der Waals surface area contributed by atoms with Crippen LogP contribution in [0.1, 0.15) is 51.3 Å². The number of rotatable bonds is 7. The minimum absolute atomic E-state index is 0. The summed E-state index contributed by atoms with van der Waals surface area (Å²) in [6.45, 7) is 11.3. The van der Waals surface area contributed by atoms with Gasteiger partial charge in [-0.05, 0) is 81.4 Å². The Balaban J connectivity index is 0.00000498. The summed E-state index contributed by atoms with van der Waals surface area (Å²) in [4.78, 5) is 10.6. The Morgan fingerprint density at radius 1 is 0.569 bits per heavy atom. The Kier molecular flexibility index (Phi) is 10.4. The zero-order valence-electron chi connectivity index (χ0n) is 36.8. The van der Waals surface area contributed by atoms with Gasteiger partial charge in [0.05, 0.1) is 22.3 Å². The number of furan rings is 1. The van der Waals surface area contributed by atoms with E-state index < -0.39 is 5.41 Å². The quantitative estimate of drug-likeness (QED) is 0.162. The molecular weight excluding hydrogens is 978 g/mol. The Morgan fingerprint density at radius 3 is 2.00 bits per heavy atom. The van der Waals surface area contributed by atoms with Gasteiger partial charge in [0.15, 0.2) is 0 Å². The van der Waals surface area contributed by atoms with Crippen molar-refractivity contribution in [3.63, 3.8) is 0 Å². The van der Waals surface area contributed by atoms with Crippen LogP contribution in [0, 0.1) is 6.07 Å². The third kappa shape index (κ3) is 7.25. The van der Waals surface area contributed by atoms with E-state index in [0.29, 0.717) is 11.4 Å². The molecule has 0 bridgehead atoms. The van der Waals surface area contributed by atoms with Crippen LogP contribution in [0.15, 0.2) is 187 Å². The molecule has 11 aromatic rings. The summed E-state index contributed by atoms with van der Waals surface area (Å²) in [5.41, 5.74) is 13.6. The normalized spacial score (nSPS) is 12.0. The van der Waals surface area contributed by atoms with Crippen molar-refractivity contribution in [1.29, 1.82) is 0 Å². The second-order valence-electron chi connectivity index (χ2n) is 18.3. The number of hydrogen-bond donors (Lipinski definition) is 1. The van der Waals surface area contributed by atoms with E-state index in [4.69, 9.17) is 14.4 Å². The monoisotopic (exact) mass is 1020 g/mol. The molecule has 3 aromatic heterocycles. The van der Waals surface area contributed by atoms with Crippen LogP contribution in [-0.4, -0.2) is 19.6 Å². The van der Waals surface area contributed by atoms with Crippen molar-refractivity contribution in [2.45, 2.75) is 45.4 Å². The van der Waals surface area contributed by atoms with Gasteiger partial charge in [-0.3, -0.25) is 9.55 Å². The van der Waals surface area contributed by atoms with E-state index in [-0.39, 0.29) is 32.2 Å². The smallest absolute Gasteiger partial charge is 0.148 e. The van der Waals surface area contributed by atoms with Crippen molar-refractivity contribution in [3.8, 4) is 56.3 Å². The zero-order chi connectivity index (χ0) is 43.7. The van der Waals surface area contributed by atoms with Gasteiger partial charge in [-0.25, -0.2) is 4.98 Å². The maximum Gasteiger partial charge on any atom is 0.148 e. The molecule has 65 heavy (non-hydrogen) atoms. The second-order valence-corrected chi connectivity index (χ2v) is 18.3. The molecule has 11 rings (SSSR count). The fraction of sp³-hybridized carbons (Fsp3) is 0.119. The number of benzene rings is 8. The number of pyridine rings is 1. The largest absolute Gasteiger partial charge is 0.507 e. The maximum atomic E-state index is 11.5. The second kappa shape index (κ2) is 16.2. The molecule has 3 heterocycles. The van der Waals surface area contributed by atoms with E-state index in [1.807, 2.05) is 36.5 Å². The van der Waals surface area contributed by atoms with Gasteiger partial charge in [-0.1, -0.05) is 161 Å². The van der Waals surface area contributed by atoms with Gasteiger partial charge in [-0.15, -0.1) is 29.3 Å². The van der Waals surface area contributed by atoms with E-state index in [1.165, 1.54) is 11.1 Å². The van der Waals surface area contributed by atoms with E-state index in [2.05, 4.69) is 185 Å². The fourth-order valence-electron chi connectivity index (χ4n) is 9.29. The summed E-state index contributed by atoms with van der Waals surface area (Å²) in [6.07, 6.45) is 1.83. The number of phenolic OH excluding ortho intramolecular Hbond substituents is 1. The number of fused-ring (bicyclic) bond motifs is 5. The summed E-state index contributed by atoms with van der Waals surface area (Å²) < 4.78 is 8.77. The molecule has 5 nitrogen and oxygen atoms in total. The first-order valence-corrected chi connectivity index (χ1v) is 21.9. The van der Waals surface area contributed by atoms with Crippen LogP contribution in [0.2, 0.25) is 0 Å². The molecular formula is C59H46N3O2Pt-. The molecule has 0 radical (unpaired) electrons. The van der Waals surface area contributed by atoms with Crippen LogP contribution in [0.5, 0.6) is 5.75 Å². The average Bonchev–Trinajstić information content (AvgIpc) is 3.89. The topological polar surface area (TPSA) is 64.1 Å². The average molecular weight is 1020 g/mol. The van der Waals surface area contributed by atoms with Crippen molar-refractivity contribution in [3.05, 3.63) is 205 Å². The Morgan fingerprint density at radius 2 is 1.25 bits per heavy atom. The van der Waals surface area contributed by atoms with E-state index in [1.54, 1.807) is 6.07 Å². The molecule has 0 aliphatic carbocycles. The van der Waals surface area contributed by atoms with Crippen LogP contribution in [0.3, 0.4) is 0 Å². The molecule has 0 fully saturated rings. The van der Waals surface area contributed by atoms with Crippen molar-refractivity contribution in [2.75, 3.05) is 0 Å². The molecule has 6 heteroatoms. The standard InChI is InChI=1S/C59H46N3O2.Pt/c1-58(2,3)43-27-28-49(47(36-43)37-17-8-6-9-18-37)62-50-25-16-24-45(56(50)61-57(62)46-23-14-15-26-51(46)63)40-31-41(33-44(32-40)59(4,5)42-21-10-7-11-22-42)55-54-48-34-38-19-12-13-20-39(38)35-53(48)64-52(54)29-30-60-55;/h6-30,32-36,63H,1-5H3;/q-1;. The predicted octanol–water partition coefficient (Wildman–Crippen LogP) is 15.3. The maximum absolute atomic E-state index is 11.5. The minimum Gasteiger partial charge on any atom is -0.507 e. The third-order valence-corrected chi connectivity index (χ3v) is 12.9. The van der Waals surface area contributed by atoms with Gasteiger partial charge in [0.1, 0.15) is 22.7 Å². The first kappa shape index (κ1) is 41.9. The van der Waals surface area contributed by atoms with Crippen molar-refractivity contribution in [2.24, 2.45) is 0 Å². The molecule has 0 spiro atoms. The number of phenols is 1. The van der Waals surface area contributed by atoms with E-state index in [0.717, 1.165) is 88.5 Å². The van der Waals surface area contributed by atoms with Crippen molar-refractivity contribution >= 4 is 43.7 Å². The fourth-order valence-corrected chi connectivity index (χ4v) is 9.29. The van der Waals surface area contributed by atoms with Crippen molar-refractivity contribution in [1.82, 2.24) is 14.5 Å². The van der Waals surface area contributed by atoms with Gasteiger partial charge in [0.2, 0.25) is 0 Å². The number of imidazole rings is 1. The zero-order valence-corrected chi connectivity index (χ0v) is 39.1. The SMILES string of the molecule is CC(C)(C)c1ccc(-n2c(-c3ccccc3O)nc3c(-c4[c-]c(-c5nccc6oc7cc8ccccc8cc7c56)cc(C(C)(C)c5ccccc5)c4)cccc32)c(-c2ccccc2)c1.[Pt]. The molecule has 320 valence electrons. The Hall–Kier alpha value is -7.07. The van der Waals surface area contributed by atoms with Crippen LogP contribution < -0.4 is 0 Å². The minimum atomic E-state index is -0.393. The molecule has 0 unspecified atom stereocenters. The number of aromatic nitrogens is 3. The van der Waals surface area contributed by atoms with Gasteiger partial charge in [0, 0.05) is 54.7 Å². The number of para-hydroxylation sites is 2. The van der Waals surface area contributed by atoms with E-state index in [9.17, 15) is 5.11 Å². The molecule has 0 amide bonds. The number of hydrogen-bond acceptors (Lipinski definition) is 4. The molecule has 0 aliphatic heterocycles. The molecule has 0 aliphatic rings. The van der Waals surface area contributed by atoms with Crippen LogP contribution in [0.4, 0.5) is 0 Å². The molecule has 1 N–H and O–H groups in total. The Bertz CT molecular complexity index is 3580. The van der Waals surface area contributed by atoms with Gasteiger partial charge in [-0.2, -0.15) is 0 Å². The summed E-state index contributed by atoms with van der Waals surface area (Å²) in [7, 11) is 0. The summed E-state index contributed by atoms with van der Waals surface area (Å²) in [5.74, 6) is 0.804. The first-order valence-electron chi connectivity index (χ1n) is 21.9. The van der Waals surface area contributed by atoms with E-state index >= 15 is 0 Å². The first-order chi connectivity index (χ1) is 31.0. The summed E-state index contributed by atoms with van der Waals surface area (Å²) in [6, 6.07) is 64.8. The van der Waals surface area contributed by atoms with Gasteiger partial charge in [0.25, 0.3) is 0 Å². The summed E-state index contributed by atoms with van der Waals surface area (Å²) >= 11 is 0. The number of nitrogens with zero attached hydrogens (tertiary/aromatic N) is 3. The predicted molar refractivity (Wildman–Crippen MR) is 263 cm³/mol. The van der Waals surface area contributed by atoms with Crippen LogP contribution >= 0.6 is 0 Å².